The summed E-state index contributed by atoms with van der Waals surface area (Å²) in [5, 5.41) is 9.38. The van der Waals surface area contributed by atoms with Gasteiger partial charge in [0.05, 0.1) is 11.4 Å². The van der Waals surface area contributed by atoms with E-state index in [4.69, 9.17) is 0 Å². The molecule has 1 N–H and O–H groups in total. The van der Waals surface area contributed by atoms with Gasteiger partial charge in [-0.1, -0.05) is 17.5 Å². The van der Waals surface area contributed by atoms with Crippen LogP contribution in [0.4, 0.5) is 5.13 Å². The van der Waals surface area contributed by atoms with Crippen molar-refractivity contribution in [1.29, 1.82) is 0 Å². The molecule has 0 fully saturated rings. The summed E-state index contributed by atoms with van der Waals surface area (Å²) < 4.78 is 3.85. The number of rotatable bonds is 4. The highest BCUT2D eigenvalue weighted by molar-refractivity contribution is 7.14. The molecule has 7 heteroatoms. The summed E-state index contributed by atoms with van der Waals surface area (Å²) in [5.41, 5.74) is 6.39. The van der Waals surface area contributed by atoms with E-state index in [1.54, 1.807) is 0 Å². The van der Waals surface area contributed by atoms with Gasteiger partial charge in [-0.3, -0.25) is 10.1 Å². The van der Waals surface area contributed by atoms with Crippen molar-refractivity contribution >= 4 is 33.9 Å². The van der Waals surface area contributed by atoms with Gasteiger partial charge < -0.3 is 0 Å². The van der Waals surface area contributed by atoms with Crippen LogP contribution in [0.25, 0.3) is 11.3 Å². The van der Waals surface area contributed by atoms with Crippen LogP contribution in [0.15, 0.2) is 17.5 Å². The molecule has 0 radical (unpaired) electrons. The molecular formula is C17H18N4OS2. The largest absolute Gasteiger partial charge is 0.297 e. The highest BCUT2D eigenvalue weighted by Crippen LogP contribution is 2.29. The predicted octanol–water partition coefficient (Wildman–Crippen LogP) is 4.40. The van der Waals surface area contributed by atoms with E-state index in [1.165, 1.54) is 28.0 Å². The van der Waals surface area contributed by atoms with E-state index in [2.05, 4.69) is 52.8 Å². The van der Waals surface area contributed by atoms with Gasteiger partial charge in [-0.15, -0.1) is 16.4 Å². The number of carbonyl (C=O) groups is 1. The summed E-state index contributed by atoms with van der Waals surface area (Å²) in [7, 11) is 0. The van der Waals surface area contributed by atoms with Crippen LogP contribution in [0.5, 0.6) is 0 Å². The van der Waals surface area contributed by atoms with E-state index in [0.717, 1.165) is 28.5 Å². The molecule has 124 valence electrons. The molecule has 0 bridgehead atoms. The summed E-state index contributed by atoms with van der Waals surface area (Å²) in [6.07, 6.45) is 0.685. The molecule has 0 saturated heterocycles. The summed E-state index contributed by atoms with van der Waals surface area (Å²) in [5.74, 6) is -0.195. The van der Waals surface area contributed by atoms with Crippen LogP contribution in [0, 0.1) is 20.8 Å². The maximum Gasteiger partial charge on any atom is 0.271 e. The third-order valence-electron chi connectivity index (χ3n) is 3.94. The first-order valence-electron chi connectivity index (χ1n) is 7.66. The lowest BCUT2D eigenvalue weighted by atomic mass is 9.99. The molecule has 0 saturated carbocycles. The van der Waals surface area contributed by atoms with Gasteiger partial charge in [-0.25, -0.2) is 4.98 Å². The fourth-order valence-electron chi connectivity index (χ4n) is 2.46. The third-order valence-corrected chi connectivity index (χ3v) is 5.46. The van der Waals surface area contributed by atoms with Crippen LogP contribution in [-0.4, -0.2) is 20.5 Å². The van der Waals surface area contributed by atoms with E-state index < -0.39 is 0 Å². The number of nitrogens with zero attached hydrogens (tertiary/aromatic N) is 3. The lowest BCUT2D eigenvalue weighted by Crippen LogP contribution is -2.12. The van der Waals surface area contributed by atoms with Crippen LogP contribution in [-0.2, 0) is 6.42 Å². The number of hydrogen-bond donors (Lipinski definition) is 1. The van der Waals surface area contributed by atoms with Gasteiger partial charge in [0.15, 0.2) is 5.13 Å². The summed E-state index contributed by atoms with van der Waals surface area (Å²) in [6, 6.07) is 4.31. The second-order valence-electron chi connectivity index (χ2n) is 5.65. The zero-order chi connectivity index (χ0) is 17.3. The molecule has 0 unspecified atom stereocenters. The highest BCUT2D eigenvalue weighted by atomic mass is 32.1. The number of aromatic nitrogens is 3. The minimum absolute atomic E-state index is 0.195. The van der Waals surface area contributed by atoms with Crippen LogP contribution in [0.1, 0.15) is 39.0 Å². The van der Waals surface area contributed by atoms with Crippen molar-refractivity contribution in [3.63, 3.8) is 0 Å². The first-order chi connectivity index (χ1) is 11.5. The monoisotopic (exact) mass is 358 g/mol. The van der Waals surface area contributed by atoms with Gasteiger partial charge in [-0.05, 0) is 61.5 Å². The molecule has 1 aromatic carbocycles. The minimum Gasteiger partial charge on any atom is -0.297 e. The Balaban J connectivity index is 1.84. The Labute approximate surface area is 148 Å². The van der Waals surface area contributed by atoms with Crippen molar-refractivity contribution in [3.05, 3.63) is 44.8 Å². The van der Waals surface area contributed by atoms with E-state index in [1.807, 2.05) is 12.3 Å². The second kappa shape index (κ2) is 6.78. The molecule has 24 heavy (non-hydrogen) atoms. The van der Waals surface area contributed by atoms with Gasteiger partial charge in [0.1, 0.15) is 4.88 Å². The van der Waals surface area contributed by atoms with E-state index in [-0.39, 0.29) is 5.91 Å². The molecule has 0 aliphatic carbocycles. The lowest BCUT2D eigenvalue weighted by Gasteiger charge is -2.07. The van der Waals surface area contributed by atoms with Gasteiger partial charge in [0, 0.05) is 10.9 Å². The van der Waals surface area contributed by atoms with Crippen LogP contribution < -0.4 is 5.32 Å². The summed E-state index contributed by atoms with van der Waals surface area (Å²) in [4.78, 5) is 17.5. The van der Waals surface area contributed by atoms with Crippen molar-refractivity contribution in [2.75, 3.05) is 5.32 Å². The number of anilines is 1. The molecule has 2 heterocycles. The molecule has 5 nitrogen and oxygen atoms in total. The van der Waals surface area contributed by atoms with Crippen molar-refractivity contribution < 1.29 is 4.79 Å². The Morgan fingerprint density at radius 2 is 1.92 bits per heavy atom. The number of benzene rings is 1. The van der Waals surface area contributed by atoms with E-state index in [0.29, 0.717) is 16.4 Å². The lowest BCUT2D eigenvalue weighted by molar-refractivity contribution is 0.102. The molecule has 0 aliphatic rings. The predicted molar refractivity (Wildman–Crippen MR) is 99.0 cm³/mol. The smallest absolute Gasteiger partial charge is 0.271 e. The maximum absolute atomic E-state index is 12.4. The number of hydrogen-bond acceptors (Lipinski definition) is 6. The SMILES string of the molecule is CCc1nnsc1C(=O)Nc1nc(-c2cc(C)c(C)cc2C)cs1. The minimum atomic E-state index is -0.195. The third kappa shape index (κ3) is 3.22. The van der Waals surface area contributed by atoms with E-state index in [9.17, 15) is 4.79 Å². The van der Waals surface area contributed by atoms with Crippen LogP contribution >= 0.6 is 22.9 Å². The molecule has 3 rings (SSSR count). The number of thiazole rings is 1. The van der Waals surface area contributed by atoms with Crippen molar-refractivity contribution in [2.45, 2.75) is 34.1 Å². The number of carbonyl (C=O) groups excluding carboxylic acids is 1. The molecule has 2 aromatic heterocycles. The normalized spacial score (nSPS) is 10.8. The fraction of sp³-hybridized carbons (Fsp3) is 0.294. The average molecular weight is 358 g/mol. The van der Waals surface area contributed by atoms with Crippen LogP contribution in [0.3, 0.4) is 0 Å². The highest BCUT2D eigenvalue weighted by Gasteiger charge is 2.17. The van der Waals surface area contributed by atoms with Crippen molar-refractivity contribution in [3.8, 4) is 11.3 Å². The van der Waals surface area contributed by atoms with Crippen LogP contribution in [0.2, 0.25) is 0 Å². The molecule has 0 atom stereocenters. The molecule has 0 spiro atoms. The number of amides is 1. The first-order valence-corrected chi connectivity index (χ1v) is 9.31. The molecule has 0 aliphatic heterocycles. The number of nitrogens with one attached hydrogen (secondary N) is 1. The first kappa shape index (κ1) is 16.7. The quantitative estimate of drug-likeness (QED) is 0.750. The Morgan fingerprint density at radius 3 is 2.67 bits per heavy atom. The van der Waals surface area contributed by atoms with Gasteiger partial charge in [0.2, 0.25) is 0 Å². The Kier molecular flexibility index (Phi) is 4.73. The molecule has 3 aromatic rings. The Bertz CT molecular complexity index is 898. The standard InChI is InChI=1S/C17H18N4OS2/c1-5-13-15(24-21-20-13)16(22)19-17-18-14(8-23-17)12-7-10(3)9(2)6-11(12)4/h6-8H,5H2,1-4H3,(H,18,19,22). The van der Waals surface area contributed by atoms with Gasteiger partial charge in [-0.2, -0.15) is 0 Å². The maximum atomic E-state index is 12.4. The zero-order valence-corrected chi connectivity index (χ0v) is 15.6. The average Bonchev–Trinajstić information content (AvgIpc) is 3.19. The number of aryl methyl sites for hydroxylation is 4. The fourth-order valence-corrected chi connectivity index (χ4v) is 3.81. The van der Waals surface area contributed by atoms with Crippen molar-refractivity contribution in [2.24, 2.45) is 0 Å². The van der Waals surface area contributed by atoms with Crippen molar-refractivity contribution in [1.82, 2.24) is 14.6 Å². The second-order valence-corrected chi connectivity index (χ2v) is 7.26. The Morgan fingerprint density at radius 1 is 1.17 bits per heavy atom. The summed E-state index contributed by atoms with van der Waals surface area (Å²) >= 11 is 2.54. The topological polar surface area (TPSA) is 67.8 Å². The summed E-state index contributed by atoms with van der Waals surface area (Å²) in [6.45, 7) is 8.23. The van der Waals surface area contributed by atoms with E-state index >= 15 is 0 Å². The molecular weight excluding hydrogens is 340 g/mol. The zero-order valence-electron chi connectivity index (χ0n) is 14.0. The molecule has 1 amide bonds. The van der Waals surface area contributed by atoms with Gasteiger partial charge in [0.25, 0.3) is 5.91 Å². The van der Waals surface area contributed by atoms with Gasteiger partial charge >= 0.3 is 0 Å². The Hall–Kier alpha value is -2.12.